The van der Waals surface area contributed by atoms with Crippen LogP contribution in [0.25, 0.3) is 0 Å². The van der Waals surface area contributed by atoms with Crippen molar-refractivity contribution in [3.05, 3.63) is 29.3 Å². The largest absolute Gasteiger partial charge is 0.223 e. The summed E-state index contributed by atoms with van der Waals surface area (Å²) in [6.45, 7) is 2.00. The van der Waals surface area contributed by atoms with E-state index in [9.17, 15) is 8.42 Å². The Morgan fingerprint density at radius 2 is 2.15 bits per heavy atom. The van der Waals surface area contributed by atoms with Crippen molar-refractivity contribution in [2.75, 3.05) is 0 Å². The molecule has 0 spiro atoms. The zero-order valence-electron chi connectivity index (χ0n) is 7.32. The predicted molar refractivity (Wildman–Crippen MR) is 49.5 cm³/mol. The SMILES string of the molecule is Cc1ccc2c(c1)C1CC1S2(=O)=O. The molecule has 1 aromatic rings. The van der Waals surface area contributed by atoms with Crippen LogP contribution in [0.3, 0.4) is 0 Å². The number of fused-ring (bicyclic) bond motifs is 3. The van der Waals surface area contributed by atoms with Crippen LogP contribution >= 0.6 is 0 Å². The van der Waals surface area contributed by atoms with E-state index in [1.54, 1.807) is 6.07 Å². The van der Waals surface area contributed by atoms with Gasteiger partial charge in [0.05, 0.1) is 10.1 Å². The van der Waals surface area contributed by atoms with Crippen LogP contribution in [0.1, 0.15) is 23.5 Å². The van der Waals surface area contributed by atoms with Crippen molar-refractivity contribution in [1.29, 1.82) is 0 Å². The van der Waals surface area contributed by atoms with E-state index in [2.05, 4.69) is 0 Å². The highest BCUT2D eigenvalue weighted by atomic mass is 32.2. The van der Waals surface area contributed by atoms with Gasteiger partial charge in [-0.15, -0.1) is 0 Å². The topological polar surface area (TPSA) is 34.1 Å². The van der Waals surface area contributed by atoms with E-state index in [1.807, 2.05) is 19.1 Å². The van der Waals surface area contributed by atoms with Crippen molar-refractivity contribution in [3.63, 3.8) is 0 Å². The first-order chi connectivity index (χ1) is 6.10. The van der Waals surface area contributed by atoms with Crippen LogP contribution in [0.15, 0.2) is 23.1 Å². The predicted octanol–water partition coefficient (Wildman–Crippen LogP) is 1.64. The van der Waals surface area contributed by atoms with Gasteiger partial charge in [-0.2, -0.15) is 0 Å². The molecule has 0 N–H and O–H groups in total. The second kappa shape index (κ2) is 1.98. The Kier molecular flexibility index (Phi) is 1.15. The number of hydrogen-bond donors (Lipinski definition) is 0. The van der Waals surface area contributed by atoms with Gasteiger partial charge in [0.25, 0.3) is 0 Å². The zero-order chi connectivity index (χ0) is 9.22. The molecule has 0 radical (unpaired) electrons. The van der Waals surface area contributed by atoms with Gasteiger partial charge in [0.1, 0.15) is 0 Å². The number of hydrogen-bond acceptors (Lipinski definition) is 2. The maximum Gasteiger partial charge on any atom is 0.182 e. The summed E-state index contributed by atoms with van der Waals surface area (Å²) in [7, 11) is -2.93. The Balaban J connectivity index is 2.36. The van der Waals surface area contributed by atoms with Crippen molar-refractivity contribution in [3.8, 4) is 0 Å². The van der Waals surface area contributed by atoms with Crippen LogP contribution in [-0.4, -0.2) is 13.7 Å². The minimum atomic E-state index is -2.93. The quantitative estimate of drug-likeness (QED) is 0.629. The summed E-state index contributed by atoms with van der Waals surface area (Å²) in [5.41, 5.74) is 2.21. The summed E-state index contributed by atoms with van der Waals surface area (Å²) in [6, 6.07) is 5.65. The Labute approximate surface area is 77.5 Å². The third kappa shape index (κ3) is 0.804. The number of rotatable bonds is 0. The van der Waals surface area contributed by atoms with Crippen molar-refractivity contribution in [2.24, 2.45) is 0 Å². The fraction of sp³-hybridized carbons (Fsp3) is 0.400. The number of sulfone groups is 1. The third-order valence-corrected chi connectivity index (χ3v) is 5.30. The van der Waals surface area contributed by atoms with Gasteiger partial charge >= 0.3 is 0 Å². The summed E-state index contributed by atoms with van der Waals surface area (Å²) in [6.07, 6.45) is 0.846. The van der Waals surface area contributed by atoms with Crippen LogP contribution in [0, 0.1) is 6.92 Å². The van der Waals surface area contributed by atoms with Crippen molar-refractivity contribution >= 4 is 9.84 Å². The summed E-state index contributed by atoms with van der Waals surface area (Å²) < 4.78 is 23.5. The lowest BCUT2D eigenvalue weighted by atomic mass is 10.1. The van der Waals surface area contributed by atoms with Gasteiger partial charge in [-0.1, -0.05) is 17.7 Å². The first kappa shape index (κ1) is 7.56. The molecule has 2 aliphatic rings. The molecule has 3 rings (SSSR count). The first-order valence-electron chi connectivity index (χ1n) is 4.45. The van der Waals surface area contributed by atoms with Gasteiger partial charge in [-0.05, 0) is 25.0 Å². The maximum absolute atomic E-state index is 11.7. The summed E-state index contributed by atoms with van der Waals surface area (Å²) in [5.74, 6) is 0.319. The lowest BCUT2D eigenvalue weighted by Gasteiger charge is -2.02. The highest BCUT2D eigenvalue weighted by Crippen LogP contribution is 2.56. The molecular weight excluding hydrogens is 184 g/mol. The molecule has 1 aromatic carbocycles. The zero-order valence-corrected chi connectivity index (χ0v) is 8.14. The Morgan fingerprint density at radius 3 is 2.92 bits per heavy atom. The molecule has 0 bridgehead atoms. The minimum Gasteiger partial charge on any atom is -0.223 e. The Bertz CT molecular complexity index is 488. The molecule has 1 heterocycles. The monoisotopic (exact) mass is 194 g/mol. The lowest BCUT2D eigenvalue weighted by Crippen LogP contribution is -2.03. The molecule has 1 fully saturated rings. The Morgan fingerprint density at radius 1 is 1.38 bits per heavy atom. The molecule has 2 nitrogen and oxygen atoms in total. The highest BCUT2D eigenvalue weighted by molar-refractivity contribution is 7.92. The molecular formula is C10H10O2S. The van der Waals surface area contributed by atoms with Crippen LogP contribution < -0.4 is 0 Å². The van der Waals surface area contributed by atoms with Crippen molar-refractivity contribution in [2.45, 2.75) is 29.4 Å². The summed E-state index contributed by atoms with van der Waals surface area (Å²) in [4.78, 5) is 0.583. The van der Waals surface area contributed by atoms with E-state index in [0.717, 1.165) is 17.5 Å². The van der Waals surface area contributed by atoms with E-state index in [0.29, 0.717) is 10.8 Å². The standard InChI is InChI=1S/C10H10O2S/c1-6-2-3-9-7(4-6)8-5-10(8)13(9,11)12/h2-4,8,10H,5H2,1H3. The first-order valence-corrected chi connectivity index (χ1v) is 6.00. The molecule has 0 aromatic heterocycles. The Hall–Kier alpha value is -0.830. The van der Waals surface area contributed by atoms with E-state index in [-0.39, 0.29) is 5.25 Å². The molecule has 3 heteroatoms. The highest BCUT2D eigenvalue weighted by Gasteiger charge is 2.56. The van der Waals surface area contributed by atoms with E-state index < -0.39 is 9.84 Å². The fourth-order valence-corrected chi connectivity index (χ4v) is 4.38. The molecule has 1 aliphatic heterocycles. The van der Waals surface area contributed by atoms with E-state index in [4.69, 9.17) is 0 Å². The van der Waals surface area contributed by atoms with Crippen molar-refractivity contribution in [1.82, 2.24) is 0 Å². The molecule has 68 valence electrons. The summed E-state index contributed by atoms with van der Waals surface area (Å²) in [5, 5.41) is -0.0794. The molecule has 0 amide bonds. The van der Waals surface area contributed by atoms with Gasteiger partial charge in [-0.3, -0.25) is 0 Å². The lowest BCUT2D eigenvalue weighted by molar-refractivity contribution is 0.597. The fourth-order valence-electron chi connectivity index (χ4n) is 2.22. The normalized spacial score (nSPS) is 32.4. The maximum atomic E-state index is 11.7. The molecule has 1 saturated carbocycles. The number of benzene rings is 1. The summed E-state index contributed by atoms with van der Waals surface area (Å²) >= 11 is 0. The van der Waals surface area contributed by atoms with Crippen LogP contribution in [0.5, 0.6) is 0 Å². The molecule has 2 atom stereocenters. The van der Waals surface area contributed by atoms with Crippen LogP contribution in [0.2, 0.25) is 0 Å². The van der Waals surface area contributed by atoms with Gasteiger partial charge in [0.15, 0.2) is 9.84 Å². The van der Waals surface area contributed by atoms with Gasteiger partial charge in [0.2, 0.25) is 0 Å². The molecule has 13 heavy (non-hydrogen) atoms. The molecule has 0 saturated heterocycles. The van der Waals surface area contributed by atoms with Gasteiger partial charge in [0, 0.05) is 5.92 Å². The minimum absolute atomic E-state index is 0.0794. The third-order valence-electron chi connectivity index (χ3n) is 3.00. The second-order valence-electron chi connectivity index (χ2n) is 3.97. The van der Waals surface area contributed by atoms with Gasteiger partial charge < -0.3 is 0 Å². The van der Waals surface area contributed by atoms with Crippen LogP contribution in [0.4, 0.5) is 0 Å². The average molecular weight is 194 g/mol. The van der Waals surface area contributed by atoms with Crippen molar-refractivity contribution < 1.29 is 8.42 Å². The number of aryl methyl sites for hydroxylation is 1. The smallest absolute Gasteiger partial charge is 0.182 e. The molecule has 1 aliphatic carbocycles. The van der Waals surface area contributed by atoms with E-state index >= 15 is 0 Å². The average Bonchev–Trinajstić information content (AvgIpc) is 2.78. The van der Waals surface area contributed by atoms with E-state index in [1.165, 1.54) is 0 Å². The van der Waals surface area contributed by atoms with Gasteiger partial charge in [-0.25, -0.2) is 8.42 Å². The molecule has 2 unspecified atom stereocenters. The van der Waals surface area contributed by atoms with Crippen LogP contribution in [-0.2, 0) is 9.84 Å². The second-order valence-corrected chi connectivity index (χ2v) is 6.10.